The Morgan fingerprint density at radius 3 is 2.87 bits per heavy atom. The Balaban J connectivity index is 1.77. The molecule has 2 unspecified atom stereocenters. The van der Waals surface area contributed by atoms with Gasteiger partial charge in [0.25, 0.3) is 5.91 Å². The zero-order valence-electron chi connectivity index (χ0n) is 13.3. The number of hydrogen-bond acceptors (Lipinski definition) is 4. The third kappa shape index (κ3) is 3.28. The van der Waals surface area contributed by atoms with E-state index >= 15 is 0 Å². The third-order valence-electron chi connectivity index (χ3n) is 4.38. The lowest BCUT2D eigenvalue weighted by molar-refractivity contribution is 0.0139. The molecule has 0 aliphatic carbocycles. The molecule has 0 saturated carbocycles. The van der Waals surface area contributed by atoms with Gasteiger partial charge in [0.15, 0.2) is 0 Å². The van der Waals surface area contributed by atoms with Crippen molar-refractivity contribution in [2.45, 2.75) is 25.0 Å². The van der Waals surface area contributed by atoms with Crippen LogP contribution in [0, 0.1) is 0 Å². The molecule has 2 heterocycles. The topological polar surface area (TPSA) is 73.4 Å². The molecule has 122 valence electrons. The molecule has 1 saturated heterocycles. The predicted molar refractivity (Wildman–Crippen MR) is 87.5 cm³/mol. The van der Waals surface area contributed by atoms with E-state index in [2.05, 4.69) is 5.10 Å². The van der Waals surface area contributed by atoms with Gasteiger partial charge in [0.1, 0.15) is 0 Å². The summed E-state index contributed by atoms with van der Waals surface area (Å²) in [5, 5.41) is 4.30. The van der Waals surface area contributed by atoms with Crippen LogP contribution in [0.2, 0.25) is 0 Å². The lowest BCUT2D eigenvalue weighted by atomic mass is 9.98. The molecule has 0 radical (unpaired) electrons. The second-order valence-electron chi connectivity index (χ2n) is 5.78. The second-order valence-corrected chi connectivity index (χ2v) is 5.78. The minimum absolute atomic E-state index is 0.0151. The van der Waals surface area contributed by atoms with E-state index in [1.807, 2.05) is 35.2 Å². The molecule has 1 aromatic heterocycles. The first kappa shape index (κ1) is 15.7. The number of benzene rings is 1. The van der Waals surface area contributed by atoms with Crippen LogP contribution < -0.4 is 5.73 Å². The summed E-state index contributed by atoms with van der Waals surface area (Å²) in [6, 6.07) is 9.76. The minimum Gasteiger partial charge on any atom is -0.381 e. The number of carbonyl (C=O) groups is 1. The van der Waals surface area contributed by atoms with Crippen molar-refractivity contribution in [2.24, 2.45) is 5.73 Å². The van der Waals surface area contributed by atoms with E-state index in [0.29, 0.717) is 18.7 Å². The number of likely N-dealkylation sites (tertiary alicyclic amines) is 1. The van der Waals surface area contributed by atoms with E-state index in [1.54, 1.807) is 24.2 Å². The summed E-state index contributed by atoms with van der Waals surface area (Å²) >= 11 is 0. The highest BCUT2D eigenvalue weighted by molar-refractivity contribution is 5.94. The van der Waals surface area contributed by atoms with Gasteiger partial charge < -0.3 is 15.4 Å². The van der Waals surface area contributed by atoms with Crippen LogP contribution in [-0.2, 0) is 4.74 Å². The molecule has 0 bridgehead atoms. The van der Waals surface area contributed by atoms with Crippen LogP contribution in [0.3, 0.4) is 0 Å². The number of methoxy groups -OCH3 is 1. The average molecular weight is 314 g/mol. The van der Waals surface area contributed by atoms with Crippen LogP contribution in [0.4, 0.5) is 0 Å². The Bertz CT molecular complexity index is 656. The quantitative estimate of drug-likeness (QED) is 0.927. The standard InChI is InChI=1S/C17H22N4O2/c1-23-16-7-8-20(15(9-16)10-18)17(22)13-11-19-21(12-13)14-5-3-2-4-6-14/h2-6,11-12,15-16H,7-10,18H2,1H3. The number of aromatic nitrogens is 2. The van der Waals surface area contributed by atoms with Crippen molar-refractivity contribution >= 4 is 5.91 Å². The maximum absolute atomic E-state index is 12.8. The van der Waals surface area contributed by atoms with Crippen molar-refractivity contribution in [1.82, 2.24) is 14.7 Å². The predicted octanol–water partition coefficient (Wildman–Crippen LogP) is 1.45. The molecule has 6 nitrogen and oxygen atoms in total. The molecular weight excluding hydrogens is 292 g/mol. The number of ether oxygens (including phenoxy) is 1. The number of para-hydroxylation sites is 1. The molecular formula is C17H22N4O2. The number of piperidine rings is 1. The van der Waals surface area contributed by atoms with E-state index in [-0.39, 0.29) is 18.1 Å². The van der Waals surface area contributed by atoms with Gasteiger partial charge in [-0.25, -0.2) is 4.68 Å². The van der Waals surface area contributed by atoms with Crippen molar-refractivity contribution in [3.63, 3.8) is 0 Å². The fourth-order valence-corrected chi connectivity index (χ4v) is 3.04. The van der Waals surface area contributed by atoms with Crippen molar-refractivity contribution in [3.8, 4) is 5.69 Å². The largest absolute Gasteiger partial charge is 0.381 e. The molecule has 2 N–H and O–H groups in total. The number of hydrogen-bond donors (Lipinski definition) is 1. The molecule has 1 aliphatic rings. The summed E-state index contributed by atoms with van der Waals surface area (Å²) in [4.78, 5) is 14.6. The number of nitrogens with two attached hydrogens (primary N) is 1. The highest BCUT2D eigenvalue weighted by Crippen LogP contribution is 2.21. The van der Waals surface area contributed by atoms with Crippen LogP contribution in [0.1, 0.15) is 23.2 Å². The lowest BCUT2D eigenvalue weighted by Gasteiger charge is -2.38. The van der Waals surface area contributed by atoms with Gasteiger partial charge in [-0.2, -0.15) is 5.10 Å². The molecule has 2 aromatic rings. The van der Waals surface area contributed by atoms with Gasteiger partial charge in [0.05, 0.1) is 23.6 Å². The molecule has 23 heavy (non-hydrogen) atoms. The highest BCUT2D eigenvalue weighted by atomic mass is 16.5. The van der Waals surface area contributed by atoms with Crippen LogP contribution in [0.5, 0.6) is 0 Å². The van der Waals surface area contributed by atoms with Crippen molar-refractivity contribution < 1.29 is 9.53 Å². The van der Waals surface area contributed by atoms with Gasteiger partial charge in [-0.15, -0.1) is 0 Å². The number of amides is 1. The van der Waals surface area contributed by atoms with Crippen LogP contribution in [0.25, 0.3) is 5.69 Å². The molecule has 1 fully saturated rings. The van der Waals surface area contributed by atoms with E-state index in [1.165, 1.54) is 0 Å². The Morgan fingerprint density at radius 1 is 1.39 bits per heavy atom. The van der Waals surface area contributed by atoms with Gasteiger partial charge in [-0.05, 0) is 25.0 Å². The van der Waals surface area contributed by atoms with Gasteiger partial charge in [0.2, 0.25) is 0 Å². The fraction of sp³-hybridized carbons (Fsp3) is 0.412. The van der Waals surface area contributed by atoms with E-state index in [4.69, 9.17) is 10.5 Å². The second kappa shape index (κ2) is 6.93. The molecule has 0 spiro atoms. The van der Waals surface area contributed by atoms with Crippen LogP contribution in [-0.4, -0.2) is 52.9 Å². The summed E-state index contributed by atoms with van der Waals surface area (Å²) < 4.78 is 7.12. The molecule has 1 aromatic carbocycles. The highest BCUT2D eigenvalue weighted by Gasteiger charge is 2.31. The van der Waals surface area contributed by atoms with Gasteiger partial charge in [-0.3, -0.25) is 4.79 Å². The SMILES string of the molecule is COC1CCN(C(=O)c2cnn(-c3ccccc3)c2)C(CN)C1. The first-order chi connectivity index (χ1) is 11.2. The summed E-state index contributed by atoms with van der Waals surface area (Å²) in [7, 11) is 1.71. The zero-order chi connectivity index (χ0) is 16.2. The summed E-state index contributed by atoms with van der Waals surface area (Å²) in [6.45, 7) is 1.11. The Labute approximate surface area is 135 Å². The van der Waals surface area contributed by atoms with E-state index < -0.39 is 0 Å². The molecule has 3 rings (SSSR count). The maximum Gasteiger partial charge on any atom is 0.257 e. The Morgan fingerprint density at radius 2 is 2.17 bits per heavy atom. The average Bonchev–Trinajstić information content (AvgIpc) is 3.11. The monoisotopic (exact) mass is 314 g/mol. The summed E-state index contributed by atoms with van der Waals surface area (Å²) in [5.74, 6) is -0.0165. The molecule has 6 heteroatoms. The number of nitrogens with zero attached hydrogens (tertiary/aromatic N) is 3. The summed E-state index contributed by atoms with van der Waals surface area (Å²) in [5.41, 5.74) is 7.37. The first-order valence-electron chi connectivity index (χ1n) is 7.87. The number of carbonyl (C=O) groups excluding carboxylic acids is 1. The van der Waals surface area contributed by atoms with Gasteiger partial charge in [0, 0.05) is 32.4 Å². The molecule has 1 amide bonds. The lowest BCUT2D eigenvalue weighted by Crippen LogP contribution is -2.51. The smallest absolute Gasteiger partial charge is 0.257 e. The third-order valence-corrected chi connectivity index (χ3v) is 4.38. The summed E-state index contributed by atoms with van der Waals surface area (Å²) in [6.07, 6.45) is 5.19. The number of rotatable bonds is 4. The maximum atomic E-state index is 12.8. The van der Waals surface area contributed by atoms with Crippen molar-refractivity contribution in [2.75, 3.05) is 20.2 Å². The molecule has 2 atom stereocenters. The Hall–Kier alpha value is -2.18. The molecule has 1 aliphatic heterocycles. The fourth-order valence-electron chi connectivity index (χ4n) is 3.04. The minimum atomic E-state index is -0.0165. The van der Waals surface area contributed by atoms with Gasteiger partial charge in [-0.1, -0.05) is 18.2 Å². The van der Waals surface area contributed by atoms with E-state index in [0.717, 1.165) is 18.5 Å². The first-order valence-corrected chi connectivity index (χ1v) is 7.87. The van der Waals surface area contributed by atoms with Crippen LogP contribution >= 0.6 is 0 Å². The van der Waals surface area contributed by atoms with E-state index in [9.17, 15) is 4.79 Å². The van der Waals surface area contributed by atoms with Crippen molar-refractivity contribution in [1.29, 1.82) is 0 Å². The van der Waals surface area contributed by atoms with Gasteiger partial charge >= 0.3 is 0 Å². The van der Waals surface area contributed by atoms with Crippen LogP contribution in [0.15, 0.2) is 42.7 Å². The normalized spacial score (nSPS) is 21.4. The Kier molecular flexibility index (Phi) is 4.73. The van der Waals surface area contributed by atoms with Crippen molar-refractivity contribution in [3.05, 3.63) is 48.3 Å². The zero-order valence-corrected chi connectivity index (χ0v) is 13.3.